The first-order valence-electron chi connectivity index (χ1n) is 4.58. The van der Waals surface area contributed by atoms with E-state index in [1.807, 2.05) is 17.0 Å². The van der Waals surface area contributed by atoms with Crippen LogP contribution in [0.5, 0.6) is 0 Å². The van der Waals surface area contributed by atoms with Crippen molar-refractivity contribution in [3.63, 3.8) is 0 Å². The van der Waals surface area contributed by atoms with Crippen molar-refractivity contribution < 1.29 is 4.92 Å². The van der Waals surface area contributed by atoms with Gasteiger partial charge in [-0.3, -0.25) is 0 Å². The van der Waals surface area contributed by atoms with Gasteiger partial charge in [0.05, 0.1) is 0 Å². The molecule has 0 N–H and O–H groups in total. The van der Waals surface area contributed by atoms with Crippen molar-refractivity contribution in [3.05, 3.63) is 44.3 Å². The molecule has 0 saturated heterocycles. The monoisotopic (exact) mass is 278 g/mol. The Kier molecular flexibility index (Phi) is 4.27. The van der Waals surface area contributed by atoms with Gasteiger partial charge in [0.1, 0.15) is 0 Å². The zero-order chi connectivity index (χ0) is 12.1. The molecule has 0 saturated carbocycles. The minimum atomic E-state index is -0.933. The number of non-ortho nitro benzene ring substituents is 1. The van der Waals surface area contributed by atoms with Crippen LogP contribution in [0.4, 0.5) is 5.69 Å². The number of hydrogen-bond acceptors (Lipinski definition) is 3. The summed E-state index contributed by atoms with van der Waals surface area (Å²) in [5, 5.41) is 19.5. The average Bonchev–Trinajstić information content (AvgIpc) is 2.25. The molecule has 82 valence electrons. The molecule has 16 heavy (non-hydrogen) atoms. The summed E-state index contributed by atoms with van der Waals surface area (Å²) in [5.41, 5.74) is 5.40. The van der Waals surface area contributed by atoms with Crippen molar-refractivity contribution in [2.24, 2.45) is 0 Å². The van der Waals surface area contributed by atoms with Gasteiger partial charge in [-0.1, -0.05) is 0 Å². The SMILES string of the molecule is C[As](C)C=Cc1cc([N+](=O)[O-])ccc1C#N. The van der Waals surface area contributed by atoms with E-state index in [0.29, 0.717) is 11.1 Å². The van der Waals surface area contributed by atoms with E-state index in [4.69, 9.17) is 5.26 Å². The van der Waals surface area contributed by atoms with Gasteiger partial charge < -0.3 is 0 Å². The summed E-state index contributed by atoms with van der Waals surface area (Å²) < 4.78 is 0. The molecular formula is C11H11AsN2O2. The van der Waals surface area contributed by atoms with Gasteiger partial charge in [-0.05, 0) is 0 Å². The Bertz CT molecular complexity index is 475. The zero-order valence-electron chi connectivity index (χ0n) is 9.04. The van der Waals surface area contributed by atoms with Gasteiger partial charge >= 0.3 is 98.4 Å². The predicted octanol–water partition coefficient (Wildman–Crippen LogP) is 2.77. The topological polar surface area (TPSA) is 66.9 Å². The van der Waals surface area contributed by atoms with Gasteiger partial charge in [0.2, 0.25) is 0 Å². The Morgan fingerprint density at radius 3 is 2.69 bits per heavy atom. The van der Waals surface area contributed by atoms with E-state index in [1.54, 1.807) is 0 Å². The quantitative estimate of drug-likeness (QED) is 0.485. The second-order valence-electron chi connectivity index (χ2n) is 3.42. The molecule has 0 spiro atoms. The molecule has 0 unspecified atom stereocenters. The van der Waals surface area contributed by atoms with Gasteiger partial charge in [-0.15, -0.1) is 0 Å². The summed E-state index contributed by atoms with van der Waals surface area (Å²) in [4.78, 5) is 12.2. The van der Waals surface area contributed by atoms with E-state index in [2.05, 4.69) is 11.4 Å². The summed E-state index contributed by atoms with van der Waals surface area (Å²) in [7, 11) is 0. The fraction of sp³-hybridized carbons (Fsp3) is 0.182. The predicted molar refractivity (Wildman–Crippen MR) is 64.3 cm³/mol. The molecule has 0 radical (unpaired) electrons. The molecule has 1 aromatic carbocycles. The molecule has 0 bridgehead atoms. The molecule has 0 aliphatic carbocycles. The molecule has 0 aliphatic heterocycles. The summed E-state index contributed by atoms with van der Waals surface area (Å²) in [6.07, 6.45) is 1.81. The standard InChI is InChI=1S/C11H11AsN2O2/c1-12(2)6-5-9-7-11(14(15)16)4-3-10(9)8-13/h3-7H,1-2H3. The summed E-state index contributed by atoms with van der Waals surface area (Å²) in [5.74, 6) is 0. The van der Waals surface area contributed by atoms with Crippen LogP contribution in [0.2, 0.25) is 11.4 Å². The van der Waals surface area contributed by atoms with Gasteiger partial charge in [0.25, 0.3) is 0 Å². The number of nitro groups is 1. The van der Waals surface area contributed by atoms with E-state index < -0.39 is 19.6 Å². The molecule has 0 aromatic heterocycles. The van der Waals surface area contributed by atoms with Crippen LogP contribution in [-0.4, -0.2) is 19.6 Å². The first kappa shape index (κ1) is 12.5. The normalized spacial score (nSPS) is 10.6. The third-order valence-electron chi connectivity index (χ3n) is 1.92. The second-order valence-corrected chi connectivity index (χ2v) is 8.09. The van der Waals surface area contributed by atoms with Crippen molar-refractivity contribution in [2.75, 3.05) is 0 Å². The van der Waals surface area contributed by atoms with E-state index in [0.717, 1.165) is 0 Å². The molecule has 0 fully saturated rings. The Morgan fingerprint density at radius 1 is 1.50 bits per heavy atom. The molecule has 0 atom stereocenters. The summed E-state index contributed by atoms with van der Waals surface area (Å²) >= 11 is -0.933. The third kappa shape index (κ3) is 3.22. The van der Waals surface area contributed by atoms with Gasteiger partial charge in [-0.25, -0.2) is 0 Å². The van der Waals surface area contributed by atoms with Crippen LogP contribution in [0.1, 0.15) is 11.1 Å². The van der Waals surface area contributed by atoms with Crippen LogP contribution in [-0.2, 0) is 0 Å². The first-order chi connectivity index (χ1) is 7.54. The Balaban J connectivity index is 3.18. The van der Waals surface area contributed by atoms with E-state index in [1.165, 1.54) is 18.2 Å². The fourth-order valence-corrected chi connectivity index (χ4v) is 2.10. The number of hydrogen-bond donors (Lipinski definition) is 0. The zero-order valence-corrected chi connectivity index (χ0v) is 10.9. The maximum atomic E-state index is 10.6. The van der Waals surface area contributed by atoms with Gasteiger partial charge in [0, 0.05) is 0 Å². The van der Waals surface area contributed by atoms with Crippen molar-refractivity contribution in [2.45, 2.75) is 11.4 Å². The van der Waals surface area contributed by atoms with Gasteiger partial charge in [-0.2, -0.15) is 0 Å². The van der Waals surface area contributed by atoms with Crippen LogP contribution < -0.4 is 0 Å². The molecule has 1 rings (SSSR count). The van der Waals surface area contributed by atoms with Crippen molar-refractivity contribution >= 4 is 26.4 Å². The van der Waals surface area contributed by atoms with Crippen molar-refractivity contribution in [1.82, 2.24) is 0 Å². The molecule has 1 aromatic rings. The Hall–Kier alpha value is -1.59. The van der Waals surface area contributed by atoms with E-state index >= 15 is 0 Å². The van der Waals surface area contributed by atoms with E-state index in [-0.39, 0.29) is 5.69 Å². The van der Waals surface area contributed by atoms with Crippen LogP contribution in [0.15, 0.2) is 23.1 Å². The van der Waals surface area contributed by atoms with Crippen LogP contribution >= 0.6 is 0 Å². The molecule has 0 aliphatic rings. The average molecular weight is 278 g/mol. The number of rotatable bonds is 3. The summed E-state index contributed by atoms with van der Waals surface area (Å²) in [6, 6.07) is 6.30. The first-order valence-corrected chi connectivity index (χ1v) is 9.41. The number of benzene rings is 1. The second kappa shape index (κ2) is 5.48. The van der Waals surface area contributed by atoms with Crippen LogP contribution in [0.3, 0.4) is 0 Å². The fourth-order valence-electron chi connectivity index (χ4n) is 1.13. The number of nitrogens with zero attached hydrogens (tertiary/aromatic N) is 2. The van der Waals surface area contributed by atoms with Crippen molar-refractivity contribution in [1.29, 1.82) is 5.26 Å². The minimum absolute atomic E-state index is 0.0184. The molecule has 0 amide bonds. The molecule has 5 heteroatoms. The molecular weight excluding hydrogens is 267 g/mol. The number of nitriles is 1. The number of nitro benzene ring substituents is 1. The molecule has 0 heterocycles. The van der Waals surface area contributed by atoms with Crippen molar-refractivity contribution in [3.8, 4) is 6.07 Å². The van der Waals surface area contributed by atoms with Crippen LogP contribution in [0.25, 0.3) is 6.08 Å². The Morgan fingerprint density at radius 2 is 2.19 bits per heavy atom. The van der Waals surface area contributed by atoms with E-state index in [9.17, 15) is 10.1 Å². The third-order valence-corrected chi connectivity index (χ3v) is 3.48. The van der Waals surface area contributed by atoms with Crippen LogP contribution in [0, 0.1) is 21.4 Å². The summed E-state index contributed by atoms with van der Waals surface area (Å²) in [6.45, 7) is 0. The Labute approximate surface area is 98.6 Å². The van der Waals surface area contributed by atoms with Gasteiger partial charge in [0.15, 0.2) is 0 Å². The molecule has 4 nitrogen and oxygen atoms in total. The maximum absolute atomic E-state index is 10.6.